The molecule has 1 aromatic carbocycles. The van der Waals surface area contributed by atoms with Crippen molar-refractivity contribution >= 4 is 15.9 Å². The van der Waals surface area contributed by atoms with Crippen LogP contribution in [0.25, 0.3) is 0 Å². The fourth-order valence-corrected chi connectivity index (χ4v) is 2.14. The number of nitrogens with zero attached hydrogens (tertiary/aromatic N) is 1. The summed E-state index contributed by atoms with van der Waals surface area (Å²) in [5.41, 5.74) is 8.22. The highest BCUT2D eigenvalue weighted by molar-refractivity contribution is 9.10. The van der Waals surface area contributed by atoms with Crippen LogP contribution in [0.3, 0.4) is 0 Å². The molecule has 4 heteroatoms. The molecule has 1 heterocycles. The van der Waals surface area contributed by atoms with Crippen molar-refractivity contribution in [3.05, 3.63) is 58.3 Å². The number of rotatable bonds is 4. The van der Waals surface area contributed by atoms with Crippen LogP contribution in [0.1, 0.15) is 24.1 Å². The van der Waals surface area contributed by atoms with Crippen LogP contribution in [0.2, 0.25) is 0 Å². The Morgan fingerprint density at radius 2 is 2.11 bits per heavy atom. The molecule has 0 spiro atoms. The van der Waals surface area contributed by atoms with Crippen molar-refractivity contribution in [2.45, 2.75) is 13.0 Å². The Morgan fingerprint density at radius 1 is 1.28 bits per heavy atom. The average molecular weight is 307 g/mol. The molecule has 1 atom stereocenters. The number of benzene rings is 1. The minimum Gasteiger partial charge on any atom is -0.494 e. The van der Waals surface area contributed by atoms with Crippen LogP contribution in [0.5, 0.6) is 5.75 Å². The zero-order valence-electron chi connectivity index (χ0n) is 10.1. The second kappa shape index (κ2) is 5.98. The average Bonchev–Trinajstić information content (AvgIpc) is 2.39. The van der Waals surface area contributed by atoms with E-state index in [-0.39, 0.29) is 6.04 Å². The third-order valence-corrected chi connectivity index (χ3v) is 3.05. The highest BCUT2D eigenvalue weighted by Crippen LogP contribution is 2.24. The molecular weight excluding hydrogens is 292 g/mol. The summed E-state index contributed by atoms with van der Waals surface area (Å²) < 4.78 is 6.40. The summed E-state index contributed by atoms with van der Waals surface area (Å²) in [6, 6.07) is 9.62. The number of hydrogen-bond donors (Lipinski definition) is 1. The predicted molar refractivity (Wildman–Crippen MR) is 75.6 cm³/mol. The van der Waals surface area contributed by atoms with Crippen molar-refractivity contribution in [3.63, 3.8) is 0 Å². The molecule has 0 fully saturated rings. The van der Waals surface area contributed by atoms with Gasteiger partial charge >= 0.3 is 0 Å². The lowest BCUT2D eigenvalue weighted by Gasteiger charge is -2.13. The highest BCUT2D eigenvalue weighted by Gasteiger charge is 2.10. The lowest BCUT2D eigenvalue weighted by Crippen LogP contribution is -2.12. The van der Waals surface area contributed by atoms with Crippen molar-refractivity contribution in [2.75, 3.05) is 6.61 Å². The minimum atomic E-state index is -0.199. The van der Waals surface area contributed by atoms with Gasteiger partial charge in [-0.25, -0.2) is 0 Å². The number of hydrogen-bond acceptors (Lipinski definition) is 3. The molecule has 94 valence electrons. The maximum absolute atomic E-state index is 6.23. The molecule has 3 nitrogen and oxygen atoms in total. The van der Waals surface area contributed by atoms with Gasteiger partial charge in [0.05, 0.1) is 12.6 Å². The lowest BCUT2D eigenvalue weighted by molar-refractivity contribution is 0.340. The first-order valence-corrected chi connectivity index (χ1v) is 6.59. The predicted octanol–water partition coefficient (Wildman–Crippen LogP) is 3.29. The normalized spacial score (nSPS) is 12.2. The molecule has 1 aromatic heterocycles. The van der Waals surface area contributed by atoms with Gasteiger partial charge in [-0.15, -0.1) is 0 Å². The van der Waals surface area contributed by atoms with Gasteiger partial charge in [-0.2, -0.15) is 0 Å². The van der Waals surface area contributed by atoms with E-state index in [1.165, 1.54) is 0 Å². The topological polar surface area (TPSA) is 48.1 Å². The van der Waals surface area contributed by atoms with Crippen LogP contribution >= 0.6 is 15.9 Å². The zero-order valence-corrected chi connectivity index (χ0v) is 11.7. The smallest absolute Gasteiger partial charge is 0.119 e. The second-order valence-corrected chi connectivity index (χ2v) is 4.84. The summed E-state index contributed by atoms with van der Waals surface area (Å²) >= 11 is 3.40. The number of pyridine rings is 1. The Labute approximate surface area is 115 Å². The van der Waals surface area contributed by atoms with E-state index in [0.29, 0.717) is 6.61 Å². The van der Waals surface area contributed by atoms with Crippen LogP contribution in [0.15, 0.2) is 47.2 Å². The van der Waals surface area contributed by atoms with Crippen LogP contribution in [0.4, 0.5) is 0 Å². The second-order valence-electron chi connectivity index (χ2n) is 3.92. The number of halogens is 1. The molecule has 0 amide bonds. The van der Waals surface area contributed by atoms with Gasteiger partial charge in [0.25, 0.3) is 0 Å². The fraction of sp³-hybridized carbons (Fsp3) is 0.214. The molecule has 0 saturated carbocycles. The van der Waals surface area contributed by atoms with Crippen LogP contribution in [-0.4, -0.2) is 11.6 Å². The molecule has 2 aromatic rings. The fourth-order valence-electron chi connectivity index (χ4n) is 1.76. The molecule has 2 rings (SSSR count). The van der Waals surface area contributed by atoms with Gasteiger partial charge in [-0.1, -0.05) is 12.1 Å². The molecule has 0 aliphatic carbocycles. The Balaban J connectivity index is 2.27. The zero-order chi connectivity index (χ0) is 13.0. The van der Waals surface area contributed by atoms with Gasteiger partial charge in [-0.05, 0) is 52.2 Å². The summed E-state index contributed by atoms with van der Waals surface area (Å²) in [5.74, 6) is 0.841. The van der Waals surface area contributed by atoms with Crippen LogP contribution in [-0.2, 0) is 0 Å². The number of nitrogens with two attached hydrogens (primary N) is 1. The molecule has 1 unspecified atom stereocenters. The van der Waals surface area contributed by atoms with E-state index in [1.54, 1.807) is 12.4 Å². The molecular formula is C14H15BrN2O. The third-order valence-electron chi connectivity index (χ3n) is 2.61. The Kier molecular flexibility index (Phi) is 4.33. The van der Waals surface area contributed by atoms with E-state index in [4.69, 9.17) is 10.5 Å². The summed E-state index contributed by atoms with van der Waals surface area (Å²) in [4.78, 5) is 4.13. The molecule has 0 radical (unpaired) electrons. The van der Waals surface area contributed by atoms with Gasteiger partial charge in [0.15, 0.2) is 0 Å². The summed E-state index contributed by atoms with van der Waals surface area (Å²) in [7, 11) is 0. The standard InChI is InChI=1S/C14H15BrN2O/c1-2-18-13-5-3-4-10(7-13)14(16)11-6-12(15)9-17-8-11/h3-9,14H,2,16H2,1H3. The maximum Gasteiger partial charge on any atom is 0.119 e. The van der Waals surface area contributed by atoms with Gasteiger partial charge in [0.2, 0.25) is 0 Å². The largest absolute Gasteiger partial charge is 0.494 e. The number of ether oxygens (including phenoxy) is 1. The molecule has 0 bridgehead atoms. The van der Waals surface area contributed by atoms with Crippen LogP contribution < -0.4 is 10.5 Å². The minimum absolute atomic E-state index is 0.199. The molecule has 0 aliphatic rings. The van der Waals surface area contributed by atoms with E-state index in [2.05, 4.69) is 20.9 Å². The van der Waals surface area contributed by atoms with Crippen molar-refractivity contribution in [1.82, 2.24) is 4.98 Å². The van der Waals surface area contributed by atoms with E-state index < -0.39 is 0 Å². The Morgan fingerprint density at radius 3 is 2.83 bits per heavy atom. The van der Waals surface area contributed by atoms with Gasteiger partial charge < -0.3 is 10.5 Å². The quantitative estimate of drug-likeness (QED) is 0.943. The van der Waals surface area contributed by atoms with Crippen molar-refractivity contribution in [1.29, 1.82) is 0 Å². The van der Waals surface area contributed by atoms with Gasteiger partial charge in [-0.3, -0.25) is 4.98 Å². The van der Waals surface area contributed by atoms with E-state index in [9.17, 15) is 0 Å². The van der Waals surface area contributed by atoms with E-state index in [0.717, 1.165) is 21.3 Å². The Bertz CT molecular complexity index is 531. The van der Waals surface area contributed by atoms with Crippen molar-refractivity contribution < 1.29 is 4.74 Å². The van der Waals surface area contributed by atoms with Crippen molar-refractivity contribution in [3.8, 4) is 5.75 Å². The summed E-state index contributed by atoms with van der Waals surface area (Å²) in [6.07, 6.45) is 3.52. The maximum atomic E-state index is 6.23. The SMILES string of the molecule is CCOc1cccc(C(N)c2cncc(Br)c2)c1. The third kappa shape index (κ3) is 3.09. The molecule has 18 heavy (non-hydrogen) atoms. The first kappa shape index (κ1) is 13.1. The first-order valence-electron chi connectivity index (χ1n) is 5.79. The monoisotopic (exact) mass is 306 g/mol. The lowest BCUT2D eigenvalue weighted by atomic mass is 10.0. The number of aromatic nitrogens is 1. The van der Waals surface area contributed by atoms with Gasteiger partial charge in [0.1, 0.15) is 5.75 Å². The van der Waals surface area contributed by atoms with Crippen molar-refractivity contribution in [2.24, 2.45) is 5.73 Å². The highest BCUT2D eigenvalue weighted by atomic mass is 79.9. The molecule has 0 saturated heterocycles. The first-order chi connectivity index (χ1) is 8.70. The summed E-state index contributed by atoms with van der Waals surface area (Å²) in [6.45, 7) is 2.61. The van der Waals surface area contributed by atoms with E-state index >= 15 is 0 Å². The van der Waals surface area contributed by atoms with E-state index in [1.807, 2.05) is 37.3 Å². The van der Waals surface area contributed by atoms with Gasteiger partial charge in [0, 0.05) is 16.9 Å². The molecule has 0 aliphatic heterocycles. The Hall–Kier alpha value is -1.39. The van der Waals surface area contributed by atoms with Crippen LogP contribution in [0, 0.1) is 0 Å². The molecule has 2 N–H and O–H groups in total. The summed E-state index contributed by atoms with van der Waals surface area (Å²) in [5, 5.41) is 0.